The van der Waals surface area contributed by atoms with Gasteiger partial charge in [-0.2, -0.15) is 5.26 Å². The largest absolute Gasteiger partial charge is 0.366 e. The second-order valence-electron chi connectivity index (χ2n) is 8.69. The predicted molar refractivity (Wildman–Crippen MR) is 112 cm³/mol. The number of nitriles is 1. The van der Waals surface area contributed by atoms with Crippen LogP contribution in [0.5, 0.6) is 0 Å². The standard InChI is InChI=1S/C22H28N6O3/c1-13(14-4-6-15(7-5-14)20(25)29)28-17-9-19(22(28)31)26(11-17)12-18(24)21(30)27-8-2-3-16(27)10-23/h4-7,13,16-19H,2-3,8-9,11-12,24H2,1H3,(H2,25,29)/t13-,16?,17-,18?,19?/m0/s1. The number of nitrogens with two attached hydrogens (primary N) is 2. The lowest BCUT2D eigenvalue weighted by Crippen LogP contribution is -2.56. The molecule has 0 radical (unpaired) electrons. The van der Waals surface area contributed by atoms with E-state index in [0.29, 0.717) is 38.0 Å². The third-order valence-corrected chi connectivity index (χ3v) is 6.84. The molecular formula is C22H28N6O3. The van der Waals surface area contributed by atoms with Gasteiger partial charge in [0, 0.05) is 31.2 Å². The molecule has 3 amide bonds. The minimum atomic E-state index is -0.742. The second kappa shape index (κ2) is 8.29. The normalized spacial score (nSPS) is 27.4. The summed E-state index contributed by atoms with van der Waals surface area (Å²) in [6, 6.07) is 7.71. The van der Waals surface area contributed by atoms with Gasteiger partial charge in [0.25, 0.3) is 0 Å². The highest BCUT2D eigenvalue weighted by Crippen LogP contribution is 2.38. The Kier molecular flexibility index (Phi) is 5.69. The molecule has 0 saturated carbocycles. The number of primary amides is 1. The first-order valence-electron chi connectivity index (χ1n) is 10.7. The van der Waals surface area contributed by atoms with E-state index in [1.165, 1.54) is 0 Å². The zero-order chi connectivity index (χ0) is 22.3. The SMILES string of the molecule is C[C@@H](c1ccc(C(N)=O)cc1)N1C(=O)C2C[C@H]1CN2CC(N)C(=O)N1CCCC1C#N. The van der Waals surface area contributed by atoms with Gasteiger partial charge in [0.2, 0.25) is 17.7 Å². The minimum Gasteiger partial charge on any atom is -0.366 e. The number of nitrogens with zero attached hydrogens (tertiary/aromatic N) is 4. The van der Waals surface area contributed by atoms with Crippen LogP contribution in [0.3, 0.4) is 0 Å². The van der Waals surface area contributed by atoms with Crippen LogP contribution in [0.1, 0.15) is 48.1 Å². The van der Waals surface area contributed by atoms with E-state index in [9.17, 15) is 19.6 Å². The Bertz CT molecular complexity index is 926. The Morgan fingerprint density at radius 3 is 2.61 bits per heavy atom. The number of likely N-dealkylation sites (tertiary alicyclic amines) is 3. The molecule has 0 aliphatic carbocycles. The highest BCUT2D eigenvalue weighted by molar-refractivity contribution is 5.92. The number of hydrogen-bond donors (Lipinski definition) is 2. The third kappa shape index (κ3) is 3.77. The van der Waals surface area contributed by atoms with Crippen molar-refractivity contribution in [3.8, 4) is 6.07 Å². The number of benzene rings is 1. The van der Waals surface area contributed by atoms with Crippen LogP contribution < -0.4 is 11.5 Å². The Morgan fingerprint density at radius 1 is 1.29 bits per heavy atom. The van der Waals surface area contributed by atoms with Gasteiger partial charge in [0.15, 0.2) is 0 Å². The maximum atomic E-state index is 13.1. The average molecular weight is 425 g/mol. The van der Waals surface area contributed by atoms with Crippen molar-refractivity contribution in [1.29, 1.82) is 5.26 Å². The first-order valence-corrected chi connectivity index (χ1v) is 10.7. The molecule has 0 aromatic heterocycles. The Hall–Kier alpha value is -2.96. The van der Waals surface area contributed by atoms with E-state index in [-0.39, 0.29) is 29.9 Å². The van der Waals surface area contributed by atoms with Crippen molar-refractivity contribution in [2.75, 3.05) is 19.6 Å². The predicted octanol–water partition coefficient (Wildman–Crippen LogP) is -0.0265. The molecule has 3 saturated heterocycles. The molecule has 9 nitrogen and oxygen atoms in total. The molecule has 31 heavy (non-hydrogen) atoms. The summed E-state index contributed by atoms with van der Waals surface area (Å²) in [6.45, 7) is 3.53. The topological polar surface area (TPSA) is 137 Å². The summed E-state index contributed by atoms with van der Waals surface area (Å²) >= 11 is 0. The smallest absolute Gasteiger partial charge is 0.248 e. The van der Waals surface area contributed by atoms with E-state index in [2.05, 4.69) is 6.07 Å². The van der Waals surface area contributed by atoms with E-state index < -0.39 is 18.0 Å². The third-order valence-electron chi connectivity index (χ3n) is 6.84. The maximum absolute atomic E-state index is 13.1. The average Bonchev–Trinajstić information content (AvgIpc) is 3.47. The molecule has 3 fully saturated rings. The highest BCUT2D eigenvalue weighted by Gasteiger charge is 2.51. The Balaban J connectivity index is 1.39. The van der Waals surface area contributed by atoms with Gasteiger partial charge in [0.1, 0.15) is 6.04 Å². The van der Waals surface area contributed by atoms with E-state index in [0.717, 1.165) is 12.0 Å². The fraction of sp³-hybridized carbons (Fsp3) is 0.545. The number of amides is 3. The monoisotopic (exact) mass is 424 g/mol. The summed E-state index contributed by atoms with van der Waals surface area (Å²) in [5, 5.41) is 9.22. The van der Waals surface area contributed by atoms with E-state index in [4.69, 9.17) is 11.5 Å². The van der Waals surface area contributed by atoms with Gasteiger partial charge in [-0.3, -0.25) is 19.3 Å². The Morgan fingerprint density at radius 2 is 2.00 bits per heavy atom. The minimum absolute atomic E-state index is 0.0402. The summed E-state index contributed by atoms with van der Waals surface area (Å²) in [6.07, 6.45) is 2.22. The van der Waals surface area contributed by atoms with Gasteiger partial charge in [-0.25, -0.2) is 0 Å². The first kappa shape index (κ1) is 21.3. The first-order chi connectivity index (χ1) is 14.8. The van der Waals surface area contributed by atoms with Crippen molar-refractivity contribution in [1.82, 2.24) is 14.7 Å². The molecule has 5 atom stereocenters. The molecule has 3 heterocycles. The van der Waals surface area contributed by atoms with Crippen LogP contribution in [0.4, 0.5) is 0 Å². The maximum Gasteiger partial charge on any atom is 0.248 e. The summed E-state index contributed by atoms with van der Waals surface area (Å²) in [5.41, 5.74) is 12.9. The molecule has 1 aromatic rings. The molecule has 9 heteroatoms. The molecule has 3 unspecified atom stereocenters. The fourth-order valence-electron chi connectivity index (χ4n) is 5.19. The number of hydrogen-bond acceptors (Lipinski definition) is 6. The number of carbonyl (C=O) groups is 3. The van der Waals surface area contributed by atoms with Gasteiger partial charge in [-0.1, -0.05) is 12.1 Å². The zero-order valence-electron chi connectivity index (χ0n) is 17.6. The summed E-state index contributed by atoms with van der Waals surface area (Å²) < 4.78 is 0. The van der Waals surface area contributed by atoms with Crippen LogP contribution in [-0.4, -0.2) is 76.2 Å². The molecule has 3 aliphatic rings. The number of fused-ring (bicyclic) bond motifs is 2. The van der Waals surface area contributed by atoms with Crippen LogP contribution in [0, 0.1) is 11.3 Å². The van der Waals surface area contributed by atoms with E-state index in [1.54, 1.807) is 17.0 Å². The molecular weight excluding hydrogens is 396 g/mol. The van der Waals surface area contributed by atoms with Gasteiger partial charge >= 0.3 is 0 Å². The van der Waals surface area contributed by atoms with Crippen LogP contribution in [0.2, 0.25) is 0 Å². The van der Waals surface area contributed by atoms with Crippen LogP contribution in [-0.2, 0) is 9.59 Å². The molecule has 164 valence electrons. The van der Waals surface area contributed by atoms with Crippen molar-refractivity contribution < 1.29 is 14.4 Å². The lowest BCUT2D eigenvalue weighted by Gasteiger charge is -2.38. The zero-order valence-corrected chi connectivity index (χ0v) is 17.6. The fourth-order valence-corrected chi connectivity index (χ4v) is 5.19. The number of carbonyl (C=O) groups excluding carboxylic acids is 3. The second-order valence-corrected chi connectivity index (χ2v) is 8.69. The van der Waals surface area contributed by atoms with Crippen LogP contribution >= 0.6 is 0 Å². The molecule has 0 spiro atoms. The van der Waals surface area contributed by atoms with E-state index in [1.807, 2.05) is 28.9 Å². The van der Waals surface area contributed by atoms with Crippen LogP contribution in [0.25, 0.3) is 0 Å². The van der Waals surface area contributed by atoms with Gasteiger partial charge in [-0.05, 0) is 43.9 Å². The Labute approximate surface area is 181 Å². The van der Waals surface area contributed by atoms with Crippen molar-refractivity contribution >= 4 is 17.7 Å². The van der Waals surface area contributed by atoms with Gasteiger partial charge in [0.05, 0.1) is 24.2 Å². The summed E-state index contributed by atoms with van der Waals surface area (Å²) in [4.78, 5) is 42.6. The van der Waals surface area contributed by atoms with Crippen molar-refractivity contribution in [3.63, 3.8) is 0 Å². The lowest BCUT2D eigenvalue weighted by molar-refractivity contribution is -0.140. The van der Waals surface area contributed by atoms with Gasteiger partial charge < -0.3 is 21.3 Å². The summed E-state index contributed by atoms with van der Waals surface area (Å²) in [5.74, 6) is -0.649. The number of piperazine rings is 1. The van der Waals surface area contributed by atoms with Gasteiger partial charge in [-0.15, -0.1) is 0 Å². The van der Waals surface area contributed by atoms with Crippen molar-refractivity contribution in [2.24, 2.45) is 11.5 Å². The molecule has 4 N–H and O–H groups in total. The number of rotatable bonds is 6. The van der Waals surface area contributed by atoms with Crippen molar-refractivity contribution in [2.45, 2.75) is 56.4 Å². The molecule has 4 rings (SSSR count). The van der Waals surface area contributed by atoms with Crippen LogP contribution in [0.15, 0.2) is 24.3 Å². The lowest BCUT2D eigenvalue weighted by atomic mass is 10.0. The highest BCUT2D eigenvalue weighted by atomic mass is 16.2. The summed E-state index contributed by atoms with van der Waals surface area (Å²) in [7, 11) is 0. The molecule has 1 aromatic carbocycles. The quantitative estimate of drug-likeness (QED) is 0.658. The molecule has 2 bridgehead atoms. The molecule has 3 aliphatic heterocycles. The van der Waals surface area contributed by atoms with Crippen molar-refractivity contribution in [3.05, 3.63) is 35.4 Å². The van der Waals surface area contributed by atoms with E-state index >= 15 is 0 Å².